The van der Waals surface area contributed by atoms with Crippen LogP contribution in [0.2, 0.25) is 5.02 Å². The summed E-state index contributed by atoms with van der Waals surface area (Å²) in [7, 11) is 3.55. The van der Waals surface area contributed by atoms with E-state index < -0.39 is 0 Å². The Hall–Kier alpha value is -2.05. The number of hydrogen-bond acceptors (Lipinski definition) is 4. The summed E-state index contributed by atoms with van der Waals surface area (Å²) in [5, 5.41) is 1.63. The first-order valence-electron chi connectivity index (χ1n) is 8.44. The zero-order valence-corrected chi connectivity index (χ0v) is 15.6. The average Bonchev–Trinajstić information content (AvgIpc) is 2.60. The number of aromatic nitrogens is 1. The van der Waals surface area contributed by atoms with Crippen molar-refractivity contribution >= 4 is 34.4 Å². The van der Waals surface area contributed by atoms with Gasteiger partial charge in [0, 0.05) is 57.3 Å². The van der Waals surface area contributed by atoms with Crippen LogP contribution >= 0.6 is 11.6 Å². The van der Waals surface area contributed by atoms with E-state index in [1.54, 1.807) is 19.0 Å². The first kappa shape index (κ1) is 17.8. The number of halogens is 1. The average molecular weight is 362 g/mol. The normalized spacial score (nSPS) is 16.2. The minimum Gasteiger partial charge on any atom is -0.353 e. The lowest BCUT2D eigenvalue weighted by Gasteiger charge is -2.37. The number of carbonyl (C=O) groups excluding carboxylic acids is 1. The van der Waals surface area contributed by atoms with Crippen molar-refractivity contribution in [2.75, 3.05) is 45.2 Å². The number of pyridine rings is 1. The number of amides is 2. The molecule has 0 radical (unpaired) electrons. The number of nitrogens with zero attached hydrogens (tertiary/aromatic N) is 4. The van der Waals surface area contributed by atoms with E-state index in [0.717, 1.165) is 35.4 Å². The smallest absolute Gasteiger partial charge is 0.319 e. The van der Waals surface area contributed by atoms with Crippen LogP contribution in [0.3, 0.4) is 0 Å². The molecule has 1 aliphatic rings. The van der Waals surface area contributed by atoms with Gasteiger partial charge in [0.2, 0.25) is 0 Å². The molecule has 3 rings (SSSR count). The zero-order valence-electron chi connectivity index (χ0n) is 14.9. The molecule has 1 saturated heterocycles. The maximum atomic E-state index is 12.1. The largest absolute Gasteiger partial charge is 0.353 e. The molecule has 0 bridgehead atoms. The van der Waals surface area contributed by atoms with Crippen molar-refractivity contribution in [3.05, 3.63) is 34.9 Å². The SMILES string of the molecule is CC(N)c1cc2cccc(Cl)c2nc1N1CCN(C(=O)N(C)C)CC1. The van der Waals surface area contributed by atoms with Crippen molar-refractivity contribution in [1.82, 2.24) is 14.8 Å². The van der Waals surface area contributed by atoms with Gasteiger partial charge in [0.05, 0.1) is 10.5 Å². The van der Waals surface area contributed by atoms with E-state index in [1.165, 1.54) is 0 Å². The molecule has 2 aromatic rings. The molecule has 1 aromatic heterocycles. The molecule has 7 heteroatoms. The lowest BCUT2D eigenvalue weighted by Crippen LogP contribution is -2.52. The van der Waals surface area contributed by atoms with E-state index >= 15 is 0 Å². The quantitative estimate of drug-likeness (QED) is 0.893. The van der Waals surface area contributed by atoms with Crippen LogP contribution in [-0.4, -0.2) is 61.1 Å². The Balaban J connectivity index is 1.92. The highest BCUT2D eigenvalue weighted by atomic mass is 35.5. The van der Waals surface area contributed by atoms with E-state index in [4.69, 9.17) is 22.3 Å². The number of para-hydroxylation sites is 1. The summed E-state index contributed by atoms with van der Waals surface area (Å²) in [5.74, 6) is 0.868. The van der Waals surface area contributed by atoms with Crippen molar-refractivity contribution in [2.24, 2.45) is 5.73 Å². The molecular formula is C18H24ClN5O. The number of benzene rings is 1. The Morgan fingerprint density at radius 2 is 1.96 bits per heavy atom. The van der Waals surface area contributed by atoms with Crippen LogP contribution in [0, 0.1) is 0 Å². The second kappa shape index (κ2) is 7.06. The summed E-state index contributed by atoms with van der Waals surface area (Å²) in [6.45, 7) is 4.74. The number of anilines is 1. The first-order valence-corrected chi connectivity index (χ1v) is 8.82. The fourth-order valence-corrected chi connectivity index (χ4v) is 3.37. The monoisotopic (exact) mass is 361 g/mol. The number of urea groups is 1. The fraction of sp³-hybridized carbons (Fsp3) is 0.444. The van der Waals surface area contributed by atoms with Crippen molar-refractivity contribution in [3.63, 3.8) is 0 Å². The number of hydrogen-bond donors (Lipinski definition) is 1. The molecule has 1 unspecified atom stereocenters. The Morgan fingerprint density at radius 3 is 2.56 bits per heavy atom. The second-order valence-electron chi connectivity index (χ2n) is 6.65. The third-order valence-corrected chi connectivity index (χ3v) is 4.83. The van der Waals surface area contributed by atoms with E-state index in [9.17, 15) is 4.79 Å². The van der Waals surface area contributed by atoms with Gasteiger partial charge in [0.1, 0.15) is 5.82 Å². The Bertz CT molecular complexity index is 784. The molecule has 0 aliphatic carbocycles. The topological polar surface area (TPSA) is 65.7 Å². The maximum absolute atomic E-state index is 12.1. The predicted octanol–water partition coefficient (Wildman–Crippen LogP) is 2.71. The third-order valence-electron chi connectivity index (χ3n) is 4.53. The van der Waals surface area contributed by atoms with Crippen molar-refractivity contribution in [2.45, 2.75) is 13.0 Å². The van der Waals surface area contributed by atoms with E-state index in [1.807, 2.05) is 30.0 Å². The summed E-state index contributed by atoms with van der Waals surface area (Å²) >= 11 is 6.33. The van der Waals surface area contributed by atoms with Gasteiger partial charge < -0.3 is 20.4 Å². The fourth-order valence-electron chi connectivity index (χ4n) is 3.15. The summed E-state index contributed by atoms with van der Waals surface area (Å²) in [5.41, 5.74) is 7.98. The predicted molar refractivity (Wildman–Crippen MR) is 102 cm³/mol. The van der Waals surface area contributed by atoms with Crippen LogP contribution in [0.15, 0.2) is 24.3 Å². The first-order chi connectivity index (χ1) is 11.9. The van der Waals surface area contributed by atoms with Gasteiger partial charge in [0.25, 0.3) is 0 Å². The van der Waals surface area contributed by atoms with Crippen LogP contribution in [-0.2, 0) is 0 Å². The third kappa shape index (κ3) is 3.50. The van der Waals surface area contributed by atoms with Gasteiger partial charge in [-0.25, -0.2) is 9.78 Å². The van der Waals surface area contributed by atoms with Gasteiger partial charge in [-0.2, -0.15) is 0 Å². The molecule has 1 fully saturated rings. The van der Waals surface area contributed by atoms with Gasteiger partial charge >= 0.3 is 6.03 Å². The Kier molecular flexibility index (Phi) is 5.01. The molecule has 2 amide bonds. The van der Waals surface area contributed by atoms with E-state index in [0.29, 0.717) is 18.1 Å². The lowest BCUT2D eigenvalue weighted by molar-refractivity contribution is 0.168. The molecule has 1 aromatic carbocycles. The summed E-state index contributed by atoms with van der Waals surface area (Å²) in [6.07, 6.45) is 0. The van der Waals surface area contributed by atoms with E-state index in [-0.39, 0.29) is 12.1 Å². The standard InChI is InChI=1S/C18H24ClN5O/c1-12(20)14-11-13-5-4-6-15(19)16(13)21-17(14)23-7-9-24(10-8-23)18(25)22(2)3/h4-6,11-12H,7-10,20H2,1-3H3. The highest BCUT2D eigenvalue weighted by Gasteiger charge is 2.25. The van der Waals surface area contributed by atoms with Crippen molar-refractivity contribution in [1.29, 1.82) is 0 Å². The number of fused-ring (bicyclic) bond motifs is 1. The van der Waals surface area contributed by atoms with Gasteiger partial charge in [-0.15, -0.1) is 0 Å². The molecular weight excluding hydrogens is 338 g/mol. The Labute approximate surface area is 153 Å². The number of piperazine rings is 1. The minimum absolute atomic E-state index is 0.0431. The van der Waals surface area contributed by atoms with Crippen LogP contribution in [0.25, 0.3) is 10.9 Å². The highest BCUT2D eigenvalue weighted by Crippen LogP contribution is 2.31. The summed E-state index contributed by atoms with van der Waals surface area (Å²) < 4.78 is 0. The second-order valence-corrected chi connectivity index (χ2v) is 7.06. The summed E-state index contributed by atoms with van der Waals surface area (Å²) in [4.78, 5) is 22.6. The molecule has 1 atom stereocenters. The van der Waals surface area contributed by atoms with Gasteiger partial charge in [-0.1, -0.05) is 23.7 Å². The highest BCUT2D eigenvalue weighted by molar-refractivity contribution is 6.35. The molecule has 6 nitrogen and oxygen atoms in total. The van der Waals surface area contributed by atoms with Gasteiger partial charge in [0.15, 0.2) is 0 Å². The minimum atomic E-state index is -0.132. The molecule has 0 spiro atoms. The van der Waals surface area contributed by atoms with Gasteiger partial charge in [-0.05, 0) is 19.1 Å². The lowest BCUT2D eigenvalue weighted by atomic mass is 10.1. The van der Waals surface area contributed by atoms with Gasteiger partial charge in [-0.3, -0.25) is 0 Å². The number of nitrogens with two attached hydrogens (primary N) is 1. The molecule has 134 valence electrons. The molecule has 2 N–H and O–H groups in total. The molecule has 2 heterocycles. The zero-order chi connectivity index (χ0) is 18.1. The van der Waals surface area contributed by atoms with E-state index in [2.05, 4.69) is 11.0 Å². The Morgan fingerprint density at radius 1 is 1.28 bits per heavy atom. The van der Waals surface area contributed by atoms with Crippen molar-refractivity contribution in [3.8, 4) is 0 Å². The number of carbonyl (C=O) groups is 1. The van der Waals surface area contributed by atoms with Crippen molar-refractivity contribution < 1.29 is 4.79 Å². The van der Waals surface area contributed by atoms with Crippen LogP contribution in [0.4, 0.5) is 10.6 Å². The molecule has 25 heavy (non-hydrogen) atoms. The molecule has 0 saturated carbocycles. The van der Waals surface area contributed by atoms with Crippen LogP contribution in [0.5, 0.6) is 0 Å². The molecule has 1 aliphatic heterocycles. The van der Waals surface area contributed by atoms with Crippen LogP contribution in [0.1, 0.15) is 18.5 Å². The number of rotatable bonds is 2. The maximum Gasteiger partial charge on any atom is 0.319 e. The van der Waals surface area contributed by atoms with Crippen LogP contribution < -0.4 is 10.6 Å². The summed E-state index contributed by atoms with van der Waals surface area (Å²) in [6, 6.07) is 7.75.